The highest BCUT2D eigenvalue weighted by atomic mass is 16.3. The molecule has 0 aliphatic carbocycles. The normalized spacial score (nSPS) is 11.2. The van der Waals surface area contributed by atoms with Crippen LogP contribution in [-0.4, -0.2) is 0 Å². The van der Waals surface area contributed by atoms with Gasteiger partial charge in [-0.1, -0.05) is 26.0 Å². The van der Waals surface area contributed by atoms with Gasteiger partial charge in [0.05, 0.1) is 11.6 Å². The Balaban J connectivity index is 2.95. The molecule has 0 saturated carbocycles. The summed E-state index contributed by atoms with van der Waals surface area (Å²) in [5.41, 5.74) is 2.84. The van der Waals surface area contributed by atoms with Gasteiger partial charge >= 0.3 is 0 Å². The maximum absolute atomic E-state index is 11.7. The molecule has 0 atom stereocenters. The van der Waals surface area contributed by atoms with E-state index in [1.165, 1.54) is 12.3 Å². The average molecular weight is 202 g/mol. The topological polar surface area (TPSA) is 30.2 Å². The van der Waals surface area contributed by atoms with Crippen LogP contribution in [0.5, 0.6) is 0 Å². The van der Waals surface area contributed by atoms with Gasteiger partial charge in [-0.3, -0.25) is 4.79 Å². The van der Waals surface area contributed by atoms with Crippen LogP contribution in [0.15, 0.2) is 33.7 Å². The minimum Gasteiger partial charge on any atom is -0.464 e. The Kier molecular flexibility index (Phi) is 2.35. The first kappa shape index (κ1) is 9.97. The standard InChI is InChI=1S/C13H14O2/c1-8(2)10-5-4-9(3)12-11(14)6-7-15-13(10)12/h4-8H,1-3H3. The lowest BCUT2D eigenvalue weighted by atomic mass is 9.98. The van der Waals surface area contributed by atoms with E-state index in [0.29, 0.717) is 11.3 Å². The van der Waals surface area contributed by atoms with E-state index in [9.17, 15) is 4.79 Å². The molecule has 0 unspecified atom stereocenters. The number of rotatable bonds is 1. The molecule has 0 saturated heterocycles. The predicted octanol–water partition coefficient (Wildman–Crippen LogP) is 3.22. The van der Waals surface area contributed by atoms with Crippen molar-refractivity contribution < 1.29 is 4.42 Å². The smallest absolute Gasteiger partial charge is 0.192 e. The van der Waals surface area contributed by atoms with E-state index in [1.54, 1.807) is 0 Å². The highest BCUT2D eigenvalue weighted by Gasteiger charge is 2.10. The third-order valence-electron chi connectivity index (χ3n) is 2.67. The van der Waals surface area contributed by atoms with Crippen molar-refractivity contribution in [1.82, 2.24) is 0 Å². The number of hydrogen-bond acceptors (Lipinski definition) is 2. The van der Waals surface area contributed by atoms with Crippen LogP contribution in [0.3, 0.4) is 0 Å². The van der Waals surface area contributed by atoms with E-state index in [1.807, 2.05) is 19.1 Å². The van der Waals surface area contributed by atoms with Gasteiger partial charge in [0, 0.05) is 6.07 Å². The Morgan fingerprint density at radius 1 is 1.20 bits per heavy atom. The number of benzene rings is 1. The molecule has 0 N–H and O–H groups in total. The Labute approximate surface area is 88.5 Å². The Hall–Kier alpha value is -1.57. The van der Waals surface area contributed by atoms with Crippen LogP contribution in [0, 0.1) is 6.92 Å². The molecule has 2 rings (SSSR count). The predicted molar refractivity (Wildman–Crippen MR) is 61.3 cm³/mol. The summed E-state index contributed by atoms with van der Waals surface area (Å²) in [6.07, 6.45) is 1.47. The molecule has 1 aromatic carbocycles. The van der Waals surface area contributed by atoms with Crippen molar-refractivity contribution in [3.8, 4) is 0 Å². The van der Waals surface area contributed by atoms with Crippen molar-refractivity contribution in [3.63, 3.8) is 0 Å². The molecule has 2 aromatic rings. The summed E-state index contributed by atoms with van der Waals surface area (Å²) in [5, 5.41) is 0.712. The van der Waals surface area contributed by atoms with Crippen LogP contribution in [0.25, 0.3) is 11.0 Å². The number of aryl methyl sites for hydroxylation is 1. The van der Waals surface area contributed by atoms with Gasteiger partial charge in [0.2, 0.25) is 0 Å². The molecule has 0 amide bonds. The fourth-order valence-corrected chi connectivity index (χ4v) is 1.83. The van der Waals surface area contributed by atoms with Gasteiger partial charge < -0.3 is 4.42 Å². The zero-order chi connectivity index (χ0) is 11.0. The minimum atomic E-state index is 0.0382. The zero-order valence-electron chi connectivity index (χ0n) is 9.20. The van der Waals surface area contributed by atoms with Gasteiger partial charge in [-0.25, -0.2) is 0 Å². The first-order valence-corrected chi connectivity index (χ1v) is 5.12. The lowest BCUT2D eigenvalue weighted by Gasteiger charge is -2.09. The number of hydrogen-bond donors (Lipinski definition) is 0. The highest BCUT2D eigenvalue weighted by Crippen LogP contribution is 2.25. The molecule has 15 heavy (non-hydrogen) atoms. The molecule has 0 spiro atoms. The molecule has 0 bridgehead atoms. The highest BCUT2D eigenvalue weighted by molar-refractivity contribution is 5.83. The van der Waals surface area contributed by atoms with Gasteiger partial charge in [0.1, 0.15) is 5.58 Å². The third kappa shape index (κ3) is 1.56. The largest absolute Gasteiger partial charge is 0.464 e. The first-order valence-electron chi connectivity index (χ1n) is 5.12. The van der Waals surface area contributed by atoms with Crippen LogP contribution in [0.1, 0.15) is 30.9 Å². The zero-order valence-corrected chi connectivity index (χ0v) is 9.20. The Morgan fingerprint density at radius 3 is 2.60 bits per heavy atom. The van der Waals surface area contributed by atoms with Gasteiger partial charge in [0.15, 0.2) is 5.43 Å². The van der Waals surface area contributed by atoms with Crippen LogP contribution < -0.4 is 5.43 Å². The fraction of sp³-hybridized carbons (Fsp3) is 0.308. The minimum absolute atomic E-state index is 0.0382. The van der Waals surface area contributed by atoms with Crippen molar-refractivity contribution in [2.24, 2.45) is 0 Å². The SMILES string of the molecule is Cc1ccc(C(C)C)c2occc(=O)c12. The van der Waals surface area contributed by atoms with E-state index in [-0.39, 0.29) is 5.43 Å². The average Bonchev–Trinajstić information content (AvgIpc) is 2.17. The molecule has 78 valence electrons. The maximum atomic E-state index is 11.7. The summed E-state index contributed by atoms with van der Waals surface area (Å²) in [6, 6.07) is 5.49. The van der Waals surface area contributed by atoms with E-state index in [0.717, 1.165) is 16.7 Å². The monoisotopic (exact) mass is 202 g/mol. The maximum Gasteiger partial charge on any atom is 0.192 e. The molecule has 0 radical (unpaired) electrons. The second kappa shape index (κ2) is 3.54. The van der Waals surface area contributed by atoms with Crippen molar-refractivity contribution in [2.75, 3.05) is 0 Å². The molecule has 0 aliphatic rings. The van der Waals surface area contributed by atoms with Crippen LogP contribution in [0.2, 0.25) is 0 Å². The molecule has 2 heteroatoms. The van der Waals surface area contributed by atoms with Gasteiger partial charge in [-0.2, -0.15) is 0 Å². The summed E-state index contributed by atoms with van der Waals surface area (Å²) < 4.78 is 5.47. The lowest BCUT2D eigenvalue weighted by molar-refractivity contribution is 0.594. The van der Waals surface area contributed by atoms with Crippen molar-refractivity contribution in [3.05, 3.63) is 45.8 Å². The first-order chi connectivity index (χ1) is 7.11. The van der Waals surface area contributed by atoms with Crippen LogP contribution in [-0.2, 0) is 0 Å². The van der Waals surface area contributed by atoms with Crippen LogP contribution in [0.4, 0.5) is 0 Å². The Bertz CT molecular complexity index is 550. The molecule has 1 aromatic heterocycles. The molecule has 0 aliphatic heterocycles. The van der Waals surface area contributed by atoms with E-state index < -0.39 is 0 Å². The van der Waals surface area contributed by atoms with Crippen molar-refractivity contribution >= 4 is 11.0 Å². The van der Waals surface area contributed by atoms with Gasteiger partial charge in [-0.15, -0.1) is 0 Å². The van der Waals surface area contributed by atoms with E-state index in [2.05, 4.69) is 13.8 Å². The molecule has 1 heterocycles. The summed E-state index contributed by atoms with van der Waals surface area (Å²) >= 11 is 0. The summed E-state index contributed by atoms with van der Waals surface area (Å²) in [4.78, 5) is 11.7. The molecular formula is C13H14O2. The van der Waals surface area contributed by atoms with Gasteiger partial charge in [0.25, 0.3) is 0 Å². The van der Waals surface area contributed by atoms with Crippen molar-refractivity contribution in [2.45, 2.75) is 26.7 Å². The quantitative estimate of drug-likeness (QED) is 0.710. The summed E-state index contributed by atoms with van der Waals surface area (Å²) in [7, 11) is 0. The van der Waals surface area contributed by atoms with E-state index in [4.69, 9.17) is 4.42 Å². The molecule has 2 nitrogen and oxygen atoms in total. The summed E-state index contributed by atoms with van der Waals surface area (Å²) in [5.74, 6) is 0.360. The second-order valence-corrected chi connectivity index (χ2v) is 4.12. The van der Waals surface area contributed by atoms with E-state index >= 15 is 0 Å². The van der Waals surface area contributed by atoms with Crippen LogP contribution >= 0.6 is 0 Å². The molecule has 0 fully saturated rings. The Morgan fingerprint density at radius 2 is 1.93 bits per heavy atom. The third-order valence-corrected chi connectivity index (χ3v) is 2.67. The fourth-order valence-electron chi connectivity index (χ4n) is 1.83. The second-order valence-electron chi connectivity index (χ2n) is 4.12. The number of fused-ring (bicyclic) bond motifs is 1. The van der Waals surface area contributed by atoms with Gasteiger partial charge in [-0.05, 0) is 24.0 Å². The summed E-state index contributed by atoms with van der Waals surface area (Å²) in [6.45, 7) is 6.12. The lowest BCUT2D eigenvalue weighted by Crippen LogP contribution is -2.02. The molecular weight excluding hydrogens is 188 g/mol. The van der Waals surface area contributed by atoms with Crippen molar-refractivity contribution in [1.29, 1.82) is 0 Å².